The highest BCUT2D eigenvalue weighted by Gasteiger charge is 2.47. The standard InChI is InChI=1S/C7H14N2O/c1-3-7(4-5-7)6(10)9-8-2/h8H,3-5H2,1-2H3,(H,9,10). The van der Waals surface area contributed by atoms with E-state index in [4.69, 9.17) is 0 Å². The molecular formula is C7H14N2O. The van der Waals surface area contributed by atoms with Gasteiger partial charge in [-0.1, -0.05) is 6.92 Å². The Balaban J connectivity index is 2.40. The van der Waals surface area contributed by atoms with Crippen LogP contribution in [0.2, 0.25) is 0 Å². The van der Waals surface area contributed by atoms with Gasteiger partial charge in [-0.2, -0.15) is 0 Å². The molecule has 1 saturated carbocycles. The van der Waals surface area contributed by atoms with Gasteiger partial charge in [0, 0.05) is 7.05 Å². The third-order valence-corrected chi connectivity index (χ3v) is 2.25. The van der Waals surface area contributed by atoms with Gasteiger partial charge in [-0.3, -0.25) is 10.2 Å². The Bertz CT molecular complexity index is 141. The first kappa shape index (κ1) is 7.54. The smallest absolute Gasteiger partial charge is 0.240 e. The second-order valence-corrected chi connectivity index (χ2v) is 2.84. The summed E-state index contributed by atoms with van der Waals surface area (Å²) in [4.78, 5) is 11.2. The first-order chi connectivity index (χ1) is 4.75. The quantitative estimate of drug-likeness (QED) is 0.561. The molecule has 0 aromatic heterocycles. The van der Waals surface area contributed by atoms with Gasteiger partial charge in [-0.25, -0.2) is 5.43 Å². The Morgan fingerprint density at radius 1 is 1.60 bits per heavy atom. The lowest BCUT2D eigenvalue weighted by Gasteiger charge is -2.10. The first-order valence-electron chi connectivity index (χ1n) is 3.72. The Hall–Kier alpha value is -0.570. The monoisotopic (exact) mass is 142 g/mol. The van der Waals surface area contributed by atoms with Crippen LogP contribution in [0.25, 0.3) is 0 Å². The maximum absolute atomic E-state index is 11.2. The van der Waals surface area contributed by atoms with Crippen LogP contribution in [-0.4, -0.2) is 13.0 Å². The topological polar surface area (TPSA) is 41.1 Å². The molecule has 0 spiro atoms. The fourth-order valence-electron chi connectivity index (χ4n) is 1.14. The molecule has 1 rings (SSSR count). The Morgan fingerprint density at radius 2 is 2.20 bits per heavy atom. The Labute approximate surface area is 61.2 Å². The molecule has 0 aromatic rings. The lowest BCUT2D eigenvalue weighted by Crippen LogP contribution is -2.39. The lowest BCUT2D eigenvalue weighted by atomic mass is 10.0. The van der Waals surface area contributed by atoms with Crippen LogP contribution in [0.3, 0.4) is 0 Å². The van der Waals surface area contributed by atoms with Crippen LogP contribution >= 0.6 is 0 Å². The van der Waals surface area contributed by atoms with E-state index < -0.39 is 0 Å². The van der Waals surface area contributed by atoms with Crippen LogP contribution in [-0.2, 0) is 4.79 Å². The molecular weight excluding hydrogens is 128 g/mol. The van der Waals surface area contributed by atoms with Crippen molar-refractivity contribution in [1.82, 2.24) is 10.9 Å². The predicted octanol–water partition coefficient (Wildman–Crippen LogP) is 0.427. The van der Waals surface area contributed by atoms with E-state index in [1.54, 1.807) is 7.05 Å². The zero-order valence-electron chi connectivity index (χ0n) is 6.53. The molecule has 0 saturated heterocycles. The van der Waals surface area contributed by atoms with Crippen LogP contribution in [0.15, 0.2) is 0 Å². The summed E-state index contributed by atoms with van der Waals surface area (Å²) < 4.78 is 0. The van der Waals surface area contributed by atoms with Gasteiger partial charge in [0.1, 0.15) is 0 Å². The molecule has 0 aliphatic heterocycles. The van der Waals surface area contributed by atoms with Crippen molar-refractivity contribution < 1.29 is 4.79 Å². The van der Waals surface area contributed by atoms with Gasteiger partial charge in [0.15, 0.2) is 0 Å². The summed E-state index contributed by atoms with van der Waals surface area (Å²) in [5, 5.41) is 0. The van der Waals surface area contributed by atoms with E-state index in [0.717, 1.165) is 19.3 Å². The number of hydrazine groups is 1. The minimum absolute atomic E-state index is 0.0109. The van der Waals surface area contributed by atoms with Crippen molar-refractivity contribution in [3.05, 3.63) is 0 Å². The lowest BCUT2D eigenvalue weighted by molar-refractivity contribution is -0.127. The molecule has 58 valence electrons. The summed E-state index contributed by atoms with van der Waals surface area (Å²) in [5.74, 6) is 0.150. The summed E-state index contributed by atoms with van der Waals surface area (Å²) in [7, 11) is 1.71. The molecule has 1 aliphatic carbocycles. The van der Waals surface area contributed by atoms with Crippen molar-refractivity contribution in [2.24, 2.45) is 5.41 Å². The molecule has 0 unspecified atom stereocenters. The molecule has 3 heteroatoms. The zero-order chi connectivity index (χ0) is 7.61. The molecule has 0 heterocycles. The summed E-state index contributed by atoms with van der Waals surface area (Å²) in [6, 6.07) is 0. The van der Waals surface area contributed by atoms with Crippen molar-refractivity contribution in [2.75, 3.05) is 7.05 Å². The Kier molecular flexibility index (Phi) is 1.94. The fraction of sp³-hybridized carbons (Fsp3) is 0.857. The normalized spacial score (nSPS) is 20.2. The summed E-state index contributed by atoms with van der Waals surface area (Å²) in [6.45, 7) is 2.06. The average molecular weight is 142 g/mol. The summed E-state index contributed by atoms with van der Waals surface area (Å²) >= 11 is 0. The molecule has 2 N–H and O–H groups in total. The third kappa shape index (κ3) is 1.14. The molecule has 3 nitrogen and oxygen atoms in total. The van der Waals surface area contributed by atoms with E-state index in [-0.39, 0.29) is 11.3 Å². The minimum Gasteiger partial charge on any atom is -0.291 e. The molecule has 0 bridgehead atoms. The number of hydrogen-bond donors (Lipinski definition) is 2. The second kappa shape index (κ2) is 2.58. The van der Waals surface area contributed by atoms with E-state index in [2.05, 4.69) is 17.8 Å². The van der Waals surface area contributed by atoms with Crippen molar-refractivity contribution in [3.63, 3.8) is 0 Å². The predicted molar refractivity (Wildman–Crippen MR) is 39.2 cm³/mol. The first-order valence-corrected chi connectivity index (χ1v) is 3.72. The van der Waals surface area contributed by atoms with Gasteiger partial charge in [0.25, 0.3) is 0 Å². The maximum atomic E-state index is 11.2. The number of amides is 1. The van der Waals surface area contributed by atoms with Gasteiger partial charge < -0.3 is 0 Å². The average Bonchev–Trinajstić information content (AvgIpc) is 2.68. The number of hydrogen-bond acceptors (Lipinski definition) is 2. The van der Waals surface area contributed by atoms with E-state index in [0.29, 0.717) is 0 Å². The molecule has 1 aliphatic rings. The number of rotatable bonds is 3. The van der Waals surface area contributed by atoms with Gasteiger partial charge in [-0.15, -0.1) is 0 Å². The number of carbonyl (C=O) groups is 1. The number of carbonyl (C=O) groups excluding carboxylic acids is 1. The van der Waals surface area contributed by atoms with Gasteiger partial charge >= 0.3 is 0 Å². The van der Waals surface area contributed by atoms with Crippen molar-refractivity contribution >= 4 is 5.91 Å². The van der Waals surface area contributed by atoms with Crippen LogP contribution < -0.4 is 10.9 Å². The molecule has 1 amide bonds. The van der Waals surface area contributed by atoms with Crippen LogP contribution in [0, 0.1) is 5.41 Å². The van der Waals surface area contributed by atoms with Crippen LogP contribution in [0.1, 0.15) is 26.2 Å². The highest BCUT2D eigenvalue weighted by atomic mass is 16.2. The molecule has 0 radical (unpaired) electrons. The fourth-order valence-corrected chi connectivity index (χ4v) is 1.14. The van der Waals surface area contributed by atoms with E-state index in [1.165, 1.54) is 0 Å². The second-order valence-electron chi connectivity index (χ2n) is 2.84. The summed E-state index contributed by atoms with van der Waals surface area (Å²) in [6.07, 6.45) is 3.06. The summed E-state index contributed by atoms with van der Waals surface area (Å²) in [5.41, 5.74) is 5.25. The molecule has 10 heavy (non-hydrogen) atoms. The molecule has 0 atom stereocenters. The van der Waals surface area contributed by atoms with Gasteiger partial charge in [0.05, 0.1) is 5.41 Å². The zero-order valence-corrected chi connectivity index (χ0v) is 6.53. The van der Waals surface area contributed by atoms with Crippen molar-refractivity contribution in [2.45, 2.75) is 26.2 Å². The minimum atomic E-state index is -0.0109. The molecule has 1 fully saturated rings. The Morgan fingerprint density at radius 3 is 2.50 bits per heavy atom. The third-order valence-electron chi connectivity index (χ3n) is 2.25. The van der Waals surface area contributed by atoms with Crippen LogP contribution in [0.4, 0.5) is 0 Å². The maximum Gasteiger partial charge on any atom is 0.240 e. The highest BCUT2D eigenvalue weighted by Crippen LogP contribution is 2.48. The van der Waals surface area contributed by atoms with E-state index in [9.17, 15) is 4.79 Å². The van der Waals surface area contributed by atoms with Gasteiger partial charge in [-0.05, 0) is 19.3 Å². The van der Waals surface area contributed by atoms with Crippen molar-refractivity contribution in [3.8, 4) is 0 Å². The molecule has 0 aromatic carbocycles. The van der Waals surface area contributed by atoms with E-state index in [1.807, 2.05) is 0 Å². The van der Waals surface area contributed by atoms with Crippen LogP contribution in [0.5, 0.6) is 0 Å². The van der Waals surface area contributed by atoms with Crippen molar-refractivity contribution in [1.29, 1.82) is 0 Å². The number of nitrogens with one attached hydrogen (secondary N) is 2. The van der Waals surface area contributed by atoms with Gasteiger partial charge in [0.2, 0.25) is 5.91 Å². The highest BCUT2D eigenvalue weighted by molar-refractivity contribution is 5.84. The largest absolute Gasteiger partial charge is 0.291 e. The van der Waals surface area contributed by atoms with E-state index >= 15 is 0 Å². The SMILES string of the molecule is CCC1(C(=O)NNC)CC1.